The molecule has 1 aliphatic heterocycles. The van der Waals surface area contributed by atoms with Gasteiger partial charge >= 0.3 is 0 Å². The molecule has 4 rings (SSSR count). The minimum absolute atomic E-state index is 0.00291. The van der Waals surface area contributed by atoms with Crippen molar-refractivity contribution in [2.75, 3.05) is 13.1 Å². The fourth-order valence-corrected chi connectivity index (χ4v) is 7.53. The minimum Gasteiger partial charge on any atom is -0.390 e. The van der Waals surface area contributed by atoms with E-state index in [2.05, 4.69) is 32.8 Å². The number of aromatic nitrogens is 1. The smallest absolute Gasteiger partial charge is 0.253 e. The Kier molecular flexibility index (Phi) is 12.6. The average Bonchev–Trinajstić information content (AvgIpc) is 3.02. The maximum absolute atomic E-state index is 14.2. The zero-order valence-corrected chi connectivity index (χ0v) is 29.3. The van der Waals surface area contributed by atoms with Crippen LogP contribution in [0.3, 0.4) is 0 Å². The monoisotopic (exact) mass is 647 g/mol. The van der Waals surface area contributed by atoms with E-state index in [4.69, 9.17) is 0 Å². The standard InChI is InChI=1S/C38H57N5O4/c1-7-19-38(5,6)33(41-34(45)28-18-13-20-39-23-28)36(47)40-30(21-26-14-9-8-10-15-26)32(44)25-43-24-29-17-12-11-16-27(29)22-31(43)35(46)42-37(2,3)4/h8-10,13-15,18,20,23,27,29-33,44H,7,11-12,16-17,19,21-22,24-25H2,1-6H3,(H,40,47)(H,41,45)(H,42,46)/t27-,29?,30?,31?,32?,33+/m0/s1. The van der Waals surface area contributed by atoms with Gasteiger partial charge in [-0.1, -0.05) is 76.8 Å². The third-order valence-corrected chi connectivity index (χ3v) is 9.95. The van der Waals surface area contributed by atoms with E-state index in [1.54, 1.807) is 18.3 Å². The van der Waals surface area contributed by atoms with E-state index >= 15 is 0 Å². The van der Waals surface area contributed by atoms with Crippen molar-refractivity contribution in [2.45, 2.75) is 123 Å². The largest absolute Gasteiger partial charge is 0.390 e. The van der Waals surface area contributed by atoms with Gasteiger partial charge in [-0.2, -0.15) is 0 Å². The van der Waals surface area contributed by atoms with Gasteiger partial charge in [-0.05, 0) is 81.4 Å². The Hall–Kier alpha value is -3.30. The van der Waals surface area contributed by atoms with Crippen LogP contribution in [0.2, 0.25) is 0 Å². The van der Waals surface area contributed by atoms with Crippen molar-refractivity contribution in [2.24, 2.45) is 17.3 Å². The Morgan fingerprint density at radius 3 is 2.32 bits per heavy atom. The zero-order valence-electron chi connectivity index (χ0n) is 29.3. The quantitative estimate of drug-likeness (QED) is 0.246. The summed E-state index contributed by atoms with van der Waals surface area (Å²) < 4.78 is 0. The highest BCUT2D eigenvalue weighted by Crippen LogP contribution is 2.39. The number of β-amino-alcohol motifs (C(OH)–C–C–N with tert-alkyl or cyclic N) is 1. The first-order valence-electron chi connectivity index (χ1n) is 17.6. The van der Waals surface area contributed by atoms with Crippen molar-refractivity contribution < 1.29 is 19.5 Å². The van der Waals surface area contributed by atoms with Crippen LogP contribution in [0.4, 0.5) is 0 Å². The number of carbonyl (C=O) groups is 3. The van der Waals surface area contributed by atoms with Gasteiger partial charge in [-0.3, -0.25) is 24.3 Å². The van der Waals surface area contributed by atoms with Crippen molar-refractivity contribution in [1.29, 1.82) is 0 Å². The number of pyridine rings is 1. The number of hydrogen-bond acceptors (Lipinski definition) is 6. The van der Waals surface area contributed by atoms with Crippen molar-refractivity contribution in [3.05, 3.63) is 66.0 Å². The van der Waals surface area contributed by atoms with E-state index in [1.165, 1.54) is 19.0 Å². The Morgan fingerprint density at radius 2 is 1.68 bits per heavy atom. The highest BCUT2D eigenvalue weighted by molar-refractivity contribution is 5.97. The van der Waals surface area contributed by atoms with Gasteiger partial charge in [0.25, 0.3) is 5.91 Å². The summed E-state index contributed by atoms with van der Waals surface area (Å²) in [6.07, 6.45) is 9.56. The summed E-state index contributed by atoms with van der Waals surface area (Å²) in [6, 6.07) is 11.4. The first-order valence-corrected chi connectivity index (χ1v) is 17.6. The first-order chi connectivity index (χ1) is 22.3. The van der Waals surface area contributed by atoms with E-state index in [0.29, 0.717) is 30.2 Å². The molecule has 1 aromatic heterocycles. The van der Waals surface area contributed by atoms with Crippen LogP contribution in [0.25, 0.3) is 0 Å². The summed E-state index contributed by atoms with van der Waals surface area (Å²) in [6.45, 7) is 13.0. The highest BCUT2D eigenvalue weighted by Gasteiger charge is 2.43. The summed E-state index contributed by atoms with van der Waals surface area (Å²) in [7, 11) is 0. The molecule has 2 heterocycles. The minimum atomic E-state index is -0.951. The van der Waals surface area contributed by atoms with Crippen LogP contribution in [-0.4, -0.2) is 75.6 Å². The van der Waals surface area contributed by atoms with Crippen LogP contribution in [0.15, 0.2) is 54.9 Å². The molecule has 1 saturated carbocycles. The number of aliphatic hydroxyl groups excluding tert-OH is 1. The average molecular weight is 648 g/mol. The van der Waals surface area contributed by atoms with E-state index in [-0.39, 0.29) is 35.8 Å². The number of amides is 3. The fraction of sp³-hybridized carbons (Fsp3) is 0.632. The molecule has 1 aliphatic carbocycles. The fourth-order valence-electron chi connectivity index (χ4n) is 7.53. The third-order valence-electron chi connectivity index (χ3n) is 9.95. The van der Waals surface area contributed by atoms with Gasteiger partial charge in [0, 0.05) is 31.0 Å². The van der Waals surface area contributed by atoms with E-state index in [0.717, 1.165) is 37.8 Å². The summed E-state index contributed by atoms with van der Waals surface area (Å²) >= 11 is 0. The lowest BCUT2D eigenvalue weighted by Crippen LogP contribution is -2.62. The van der Waals surface area contributed by atoms with E-state index in [1.807, 2.05) is 65.0 Å². The molecule has 2 aromatic rings. The van der Waals surface area contributed by atoms with Gasteiger partial charge in [-0.25, -0.2) is 0 Å². The number of benzene rings is 1. The van der Waals surface area contributed by atoms with Crippen LogP contribution in [0.1, 0.15) is 102 Å². The Labute approximate surface area is 281 Å². The predicted molar refractivity (Wildman–Crippen MR) is 186 cm³/mol. The van der Waals surface area contributed by atoms with Crippen LogP contribution in [0.5, 0.6) is 0 Å². The van der Waals surface area contributed by atoms with Gasteiger partial charge in [0.05, 0.1) is 23.8 Å². The molecule has 0 bridgehead atoms. The molecule has 6 atom stereocenters. The van der Waals surface area contributed by atoms with Gasteiger partial charge in [0.1, 0.15) is 6.04 Å². The molecule has 9 nitrogen and oxygen atoms in total. The Balaban J connectivity index is 1.59. The molecule has 1 aromatic carbocycles. The number of fused-ring (bicyclic) bond motifs is 1. The van der Waals surface area contributed by atoms with Crippen LogP contribution >= 0.6 is 0 Å². The van der Waals surface area contributed by atoms with Crippen molar-refractivity contribution in [3.8, 4) is 0 Å². The van der Waals surface area contributed by atoms with Crippen LogP contribution < -0.4 is 16.0 Å². The number of nitrogens with one attached hydrogen (secondary N) is 3. The molecule has 3 amide bonds. The molecule has 258 valence electrons. The molecule has 47 heavy (non-hydrogen) atoms. The maximum Gasteiger partial charge on any atom is 0.253 e. The number of nitrogens with zero attached hydrogens (tertiary/aromatic N) is 2. The third kappa shape index (κ3) is 10.3. The molecule has 2 aliphatic rings. The first kappa shape index (κ1) is 36.5. The second-order valence-electron chi connectivity index (χ2n) is 15.5. The second-order valence-corrected chi connectivity index (χ2v) is 15.5. The number of aliphatic hydroxyl groups is 1. The molecule has 1 saturated heterocycles. The summed E-state index contributed by atoms with van der Waals surface area (Å²) in [4.78, 5) is 47.4. The lowest BCUT2D eigenvalue weighted by Gasteiger charge is -2.47. The predicted octanol–water partition coefficient (Wildman–Crippen LogP) is 4.89. The number of likely N-dealkylation sites (tertiary alicyclic amines) is 1. The second kappa shape index (κ2) is 16.2. The van der Waals surface area contributed by atoms with Gasteiger partial charge in [0.15, 0.2) is 0 Å². The number of hydrogen-bond donors (Lipinski definition) is 4. The summed E-state index contributed by atoms with van der Waals surface area (Å²) in [5.74, 6) is 0.299. The van der Waals surface area contributed by atoms with Crippen molar-refractivity contribution >= 4 is 17.7 Å². The normalized spacial score (nSPS) is 22.3. The highest BCUT2D eigenvalue weighted by atomic mass is 16.3. The number of rotatable bonds is 13. The molecular weight excluding hydrogens is 590 g/mol. The number of piperidine rings is 1. The lowest BCUT2D eigenvalue weighted by molar-refractivity contribution is -0.133. The maximum atomic E-state index is 14.2. The van der Waals surface area contributed by atoms with Gasteiger partial charge in [-0.15, -0.1) is 0 Å². The molecule has 0 spiro atoms. The number of carbonyl (C=O) groups excluding carboxylic acids is 3. The molecule has 4 unspecified atom stereocenters. The van der Waals surface area contributed by atoms with Crippen LogP contribution in [0, 0.1) is 17.3 Å². The van der Waals surface area contributed by atoms with Crippen LogP contribution in [-0.2, 0) is 16.0 Å². The molecule has 9 heteroatoms. The van der Waals surface area contributed by atoms with E-state index < -0.39 is 23.6 Å². The molecule has 2 fully saturated rings. The van der Waals surface area contributed by atoms with Crippen molar-refractivity contribution in [3.63, 3.8) is 0 Å². The summed E-state index contributed by atoms with van der Waals surface area (Å²) in [5, 5.41) is 21.3. The van der Waals surface area contributed by atoms with Crippen molar-refractivity contribution in [1.82, 2.24) is 25.8 Å². The molecule has 0 radical (unpaired) electrons. The molecule has 4 N–H and O–H groups in total. The zero-order chi connectivity index (χ0) is 34.2. The van der Waals surface area contributed by atoms with Gasteiger partial charge in [0.2, 0.25) is 11.8 Å². The molecular formula is C38H57N5O4. The topological polar surface area (TPSA) is 124 Å². The Bertz CT molecular complexity index is 1310. The van der Waals surface area contributed by atoms with Gasteiger partial charge < -0.3 is 21.1 Å². The SMILES string of the molecule is CCCC(C)(C)[C@H](NC(=O)c1cccnc1)C(=O)NC(Cc1ccccc1)C(O)CN1CC2CCCC[C@H]2CC1C(=O)NC(C)(C)C. The Morgan fingerprint density at radius 1 is 0.979 bits per heavy atom. The lowest BCUT2D eigenvalue weighted by atomic mass is 9.72. The van der Waals surface area contributed by atoms with E-state index in [9.17, 15) is 19.5 Å². The summed E-state index contributed by atoms with van der Waals surface area (Å²) in [5.41, 5.74) is 0.436.